The molecule has 122 valence electrons. The summed E-state index contributed by atoms with van der Waals surface area (Å²) in [4.78, 5) is 38.0. The molecule has 0 unspecified atom stereocenters. The molecule has 0 spiro atoms. The van der Waals surface area contributed by atoms with E-state index in [9.17, 15) is 19.5 Å². The summed E-state index contributed by atoms with van der Waals surface area (Å²) in [6, 6.07) is 1.74. The molecular weight excluding hydrogens is 322 g/mol. The number of methoxy groups -OCH3 is 2. The third kappa shape index (κ3) is 3.42. The zero-order valence-corrected chi connectivity index (χ0v) is 13.3. The number of hydrogen-bond acceptors (Lipinski definition) is 7. The Morgan fingerprint density at radius 3 is 2.65 bits per heavy atom. The number of thiophene rings is 1. The van der Waals surface area contributed by atoms with E-state index in [1.807, 2.05) is 0 Å². The summed E-state index contributed by atoms with van der Waals surface area (Å²) in [5.74, 6) is -2.56. The van der Waals surface area contributed by atoms with Gasteiger partial charge in [-0.25, -0.2) is 4.79 Å². The van der Waals surface area contributed by atoms with Crippen molar-refractivity contribution in [2.45, 2.75) is 12.3 Å². The highest BCUT2D eigenvalue weighted by molar-refractivity contribution is 7.08. The lowest BCUT2D eigenvalue weighted by Gasteiger charge is -2.16. The van der Waals surface area contributed by atoms with Gasteiger partial charge in [-0.1, -0.05) is 0 Å². The van der Waals surface area contributed by atoms with E-state index >= 15 is 0 Å². The number of hydrogen-bond donors (Lipinski definition) is 2. The molecule has 2 heterocycles. The van der Waals surface area contributed by atoms with Crippen molar-refractivity contribution >= 4 is 23.3 Å². The van der Waals surface area contributed by atoms with Crippen molar-refractivity contribution in [3.8, 4) is 5.75 Å². The number of rotatable bonds is 5. The van der Waals surface area contributed by atoms with Gasteiger partial charge in [-0.05, 0) is 22.4 Å². The maximum absolute atomic E-state index is 12.2. The lowest BCUT2D eigenvalue weighted by Crippen LogP contribution is -2.21. The van der Waals surface area contributed by atoms with E-state index < -0.39 is 29.2 Å². The lowest BCUT2D eigenvalue weighted by molar-refractivity contribution is -0.140. The fourth-order valence-corrected chi connectivity index (χ4v) is 2.95. The summed E-state index contributed by atoms with van der Waals surface area (Å²) >= 11 is 1.39. The van der Waals surface area contributed by atoms with Gasteiger partial charge in [-0.2, -0.15) is 11.3 Å². The van der Waals surface area contributed by atoms with Crippen LogP contribution in [-0.4, -0.2) is 36.2 Å². The van der Waals surface area contributed by atoms with Crippen molar-refractivity contribution in [3.05, 3.63) is 50.1 Å². The zero-order valence-electron chi connectivity index (χ0n) is 12.5. The van der Waals surface area contributed by atoms with Crippen LogP contribution in [0, 0.1) is 0 Å². The predicted octanol–water partition coefficient (Wildman–Crippen LogP) is 1.62. The monoisotopic (exact) mass is 337 g/mol. The number of aromatic hydroxyl groups is 1. The summed E-state index contributed by atoms with van der Waals surface area (Å²) in [5.41, 5.74) is -0.164. The molecule has 2 rings (SSSR count). The Hall–Kier alpha value is -2.61. The summed E-state index contributed by atoms with van der Waals surface area (Å²) in [5, 5.41) is 13.9. The van der Waals surface area contributed by atoms with Crippen molar-refractivity contribution in [1.29, 1.82) is 0 Å². The zero-order chi connectivity index (χ0) is 17.0. The first-order valence-electron chi connectivity index (χ1n) is 6.61. The van der Waals surface area contributed by atoms with Gasteiger partial charge in [0.05, 0.1) is 26.2 Å². The standard InChI is InChI=1S/C15H15NO6S/c1-21-11(17)5-9(8-3-4-23-7-8)12-13(18)10(15(20)22-2)6-16-14(12)19/h3-4,6-7,9H,5H2,1-2H3,(H2,16,18,19)/t9-/m1/s1. The highest BCUT2D eigenvalue weighted by atomic mass is 32.1. The normalized spacial score (nSPS) is 11.7. The molecule has 0 saturated heterocycles. The highest BCUT2D eigenvalue weighted by Gasteiger charge is 2.28. The smallest absolute Gasteiger partial charge is 0.343 e. The molecule has 2 aromatic rings. The van der Waals surface area contributed by atoms with E-state index in [4.69, 9.17) is 0 Å². The first-order chi connectivity index (χ1) is 11.0. The molecule has 0 radical (unpaired) electrons. The Balaban J connectivity index is 2.60. The molecule has 0 fully saturated rings. The van der Waals surface area contributed by atoms with Crippen LogP contribution in [0.3, 0.4) is 0 Å². The lowest BCUT2D eigenvalue weighted by atomic mass is 9.89. The number of nitrogens with one attached hydrogen (secondary N) is 1. The maximum Gasteiger partial charge on any atom is 0.343 e. The molecule has 0 aliphatic rings. The van der Waals surface area contributed by atoms with Crippen LogP contribution >= 0.6 is 11.3 Å². The minimum atomic E-state index is -0.790. The third-order valence-electron chi connectivity index (χ3n) is 3.40. The summed E-state index contributed by atoms with van der Waals surface area (Å²) < 4.78 is 9.23. The van der Waals surface area contributed by atoms with Crippen LogP contribution in [0.5, 0.6) is 5.75 Å². The maximum atomic E-state index is 12.2. The molecule has 0 saturated carbocycles. The van der Waals surface area contributed by atoms with Crippen molar-refractivity contribution in [1.82, 2.24) is 4.98 Å². The summed E-state index contributed by atoms with van der Waals surface area (Å²) in [6.45, 7) is 0. The highest BCUT2D eigenvalue weighted by Crippen LogP contribution is 2.34. The Labute approximate surface area is 135 Å². The number of esters is 2. The Bertz CT molecular complexity index is 765. The van der Waals surface area contributed by atoms with Crippen molar-refractivity contribution in [2.24, 2.45) is 0 Å². The van der Waals surface area contributed by atoms with Crippen LogP contribution in [0.25, 0.3) is 0 Å². The Morgan fingerprint density at radius 2 is 2.09 bits per heavy atom. The quantitative estimate of drug-likeness (QED) is 0.803. The number of aromatic nitrogens is 1. The van der Waals surface area contributed by atoms with Crippen molar-refractivity contribution in [2.75, 3.05) is 14.2 Å². The van der Waals surface area contributed by atoms with E-state index in [-0.39, 0.29) is 17.5 Å². The topological polar surface area (TPSA) is 106 Å². The Morgan fingerprint density at radius 1 is 1.35 bits per heavy atom. The third-order valence-corrected chi connectivity index (χ3v) is 4.10. The van der Waals surface area contributed by atoms with E-state index in [0.29, 0.717) is 5.56 Å². The molecule has 0 amide bonds. The largest absolute Gasteiger partial charge is 0.506 e. The Kier molecular flexibility index (Phi) is 5.17. The second-order valence-electron chi connectivity index (χ2n) is 4.67. The average Bonchev–Trinajstić information content (AvgIpc) is 3.07. The van der Waals surface area contributed by atoms with Gasteiger partial charge < -0.3 is 19.6 Å². The van der Waals surface area contributed by atoms with Gasteiger partial charge in [0, 0.05) is 12.1 Å². The molecule has 0 aliphatic heterocycles. The van der Waals surface area contributed by atoms with Crippen LogP contribution in [0.2, 0.25) is 0 Å². The van der Waals surface area contributed by atoms with E-state index in [1.165, 1.54) is 18.4 Å². The van der Waals surface area contributed by atoms with E-state index in [0.717, 1.165) is 13.3 Å². The second kappa shape index (κ2) is 7.10. The minimum Gasteiger partial charge on any atom is -0.506 e. The number of pyridine rings is 1. The van der Waals surface area contributed by atoms with Crippen LogP contribution in [0.4, 0.5) is 0 Å². The number of carbonyl (C=O) groups excluding carboxylic acids is 2. The van der Waals surface area contributed by atoms with Crippen LogP contribution in [0.1, 0.15) is 33.8 Å². The molecule has 23 heavy (non-hydrogen) atoms. The van der Waals surface area contributed by atoms with Gasteiger partial charge >= 0.3 is 11.9 Å². The van der Waals surface area contributed by atoms with Crippen LogP contribution in [-0.2, 0) is 14.3 Å². The van der Waals surface area contributed by atoms with Gasteiger partial charge in [0.25, 0.3) is 5.56 Å². The fourth-order valence-electron chi connectivity index (χ4n) is 2.24. The van der Waals surface area contributed by atoms with Gasteiger partial charge in [0.2, 0.25) is 0 Å². The molecule has 8 heteroatoms. The minimum absolute atomic E-state index is 0.0725. The van der Waals surface area contributed by atoms with Crippen molar-refractivity contribution in [3.63, 3.8) is 0 Å². The summed E-state index contributed by atoms with van der Waals surface area (Å²) in [6.07, 6.45) is 0.935. The molecule has 0 aromatic carbocycles. The van der Waals surface area contributed by atoms with Gasteiger partial charge in [-0.15, -0.1) is 0 Å². The van der Waals surface area contributed by atoms with Gasteiger partial charge in [-0.3, -0.25) is 9.59 Å². The number of carbonyl (C=O) groups is 2. The van der Waals surface area contributed by atoms with E-state index in [1.54, 1.807) is 16.8 Å². The molecule has 2 N–H and O–H groups in total. The van der Waals surface area contributed by atoms with E-state index in [2.05, 4.69) is 14.5 Å². The number of aromatic amines is 1. The van der Waals surface area contributed by atoms with Crippen LogP contribution in [0.15, 0.2) is 27.8 Å². The van der Waals surface area contributed by atoms with Gasteiger partial charge in [0.1, 0.15) is 11.3 Å². The molecule has 1 atom stereocenters. The summed E-state index contributed by atoms with van der Waals surface area (Å²) in [7, 11) is 2.40. The second-order valence-corrected chi connectivity index (χ2v) is 5.45. The molecule has 2 aromatic heterocycles. The number of ether oxygens (including phenoxy) is 2. The molecule has 0 bridgehead atoms. The average molecular weight is 337 g/mol. The predicted molar refractivity (Wildman–Crippen MR) is 82.9 cm³/mol. The molecule has 7 nitrogen and oxygen atoms in total. The molecule has 0 aliphatic carbocycles. The first kappa shape index (κ1) is 16.8. The van der Waals surface area contributed by atoms with Crippen LogP contribution < -0.4 is 5.56 Å². The van der Waals surface area contributed by atoms with Crippen molar-refractivity contribution < 1.29 is 24.2 Å². The SMILES string of the molecule is COC(=O)C[C@H](c1ccsc1)c1c(O)c(C(=O)OC)c[nH]c1=O. The number of H-pyrrole nitrogens is 1. The first-order valence-corrected chi connectivity index (χ1v) is 7.55. The fraction of sp³-hybridized carbons (Fsp3) is 0.267. The molecular formula is C15H15NO6S. The van der Waals surface area contributed by atoms with Gasteiger partial charge in [0.15, 0.2) is 0 Å².